The van der Waals surface area contributed by atoms with Crippen molar-refractivity contribution in [3.05, 3.63) is 22.4 Å². The number of hydrazine groups is 1. The van der Waals surface area contributed by atoms with E-state index in [0.29, 0.717) is 6.54 Å². The van der Waals surface area contributed by atoms with E-state index >= 15 is 0 Å². The topological polar surface area (TPSA) is 76.4 Å². The molecule has 5 heteroatoms. The van der Waals surface area contributed by atoms with Crippen molar-refractivity contribution < 1.29 is 0 Å². The fourth-order valence-corrected chi connectivity index (χ4v) is 1.91. The molecule has 0 atom stereocenters. The standard InChI is InChI=1S/C9H16N4S/c1-9(2,6-12-8(10)13-11)7-4-3-5-14-7/h3-5H,6,11H2,1-2H3,(H3,10,12,13). The molecule has 1 heterocycles. The van der Waals surface area contributed by atoms with E-state index in [4.69, 9.17) is 11.6 Å². The first-order valence-corrected chi connectivity index (χ1v) is 5.25. The van der Waals surface area contributed by atoms with Crippen LogP contribution in [0.5, 0.6) is 0 Å². The first kappa shape index (κ1) is 11.0. The van der Waals surface area contributed by atoms with Gasteiger partial charge >= 0.3 is 0 Å². The Morgan fingerprint density at radius 3 is 2.86 bits per heavy atom. The Morgan fingerprint density at radius 1 is 1.64 bits per heavy atom. The Morgan fingerprint density at radius 2 is 2.36 bits per heavy atom. The average Bonchev–Trinajstić information content (AvgIpc) is 2.67. The SMILES string of the molecule is CC(C)(CN=C(N)NN)c1cccs1. The lowest BCUT2D eigenvalue weighted by Crippen LogP contribution is -2.38. The van der Waals surface area contributed by atoms with E-state index in [0.717, 1.165) is 0 Å². The highest BCUT2D eigenvalue weighted by molar-refractivity contribution is 7.10. The lowest BCUT2D eigenvalue weighted by Gasteiger charge is -2.20. The van der Waals surface area contributed by atoms with Gasteiger partial charge < -0.3 is 5.73 Å². The maximum absolute atomic E-state index is 5.45. The van der Waals surface area contributed by atoms with Gasteiger partial charge in [0.2, 0.25) is 5.96 Å². The maximum atomic E-state index is 5.45. The number of nitrogens with zero attached hydrogens (tertiary/aromatic N) is 1. The summed E-state index contributed by atoms with van der Waals surface area (Å²) in [7, 11) is 0. The van der Waals surface area contributed by atoms with Crippen LogP contribution in [-0.2, 0) is 5.41 Å². The molecular formula is C9H16N4S. The second-order valence-electron chi connectivity index (χ2n) is 3.71. The molecule has 5 N–H and O–H groups in total. The normalized spacial score (nSPS) is 12.9. The van der Waals surface area contributed by atoms with Crippen molar-refractivity contribution >= 4 is 17.3 Å². The summed E-state index contributed by atoms with van der Waals surface area (Å²) in [4.78, 5) is 5.43. The molecule has 1 rings (SSSR count). The van der Waals surface area contributed by atoms with E-state index in [1.807, 2.05) is 6.07 Å². The van der Waals surface area contributed by atoms with Gasteiger partial charge in [0, 0.05) is 10.3 Å². The Labute approximate surface area is 88.0 Å². The smallest absolute Gasteiger partial charge is 0.203 e. The Hall–Kier alpha value is -1.07. The molecule has 4 nitrogen and oxygen atoms in total. The maximum Gasteiger partial charge on any atom is 0.203 e. The van der Waals surface area contributed by atoms with Gasteiger partial charge in [-0.1, -0.05) is 19.9 Å². The Balaban J connectivity index is 2.68. The zero-order valence-electron chi connectivity index (χ0n) is 8.45. The fourth-order valence-electron chi connectivity index (χ4n) is 1.07. The molecule has 0 aliphatic carbocycles. The molecule has 0 amide bonds. The van der Waals surface area contributed by atoms with Crippen LogP contribution in [0.4, 0.5) is 0 Å². The molecule has 0 aliphatic heterocycles. The third kappa shape index (κ3) is 2.71. The number of rotatable bonds is 3. The average molecular weight is 212 g/mol. The molecule has 0 fully saturated rings. The van der Waals surface area contributed by atoms with Gasteiger partial charge in [-0.05, 0) is 11.4 Å². The zero-order chi connectivity index (χ0) is 10.6. The molecule has 1 aromatic rings. The molecule has 0 bridgehead atoms. The molecule has 0 aliphatic rings. The molecular weight excluding hydrogens is 196 g/mol. The molecule has 0 unspecified atom stereocenters. The summed E-state index contributed by atoms with van der Waals surface area (Å²) in [6, 6.07) is 4.14. The van der Waals surface area contributed by atoms with E-state index in [1.165, 1.54) is 4.88 Å². The molecule has 0 radical (unpaired) electrons. The summed E-state index contributed by atoms with van der Waals surface area (Å²) in [5.41, 5.74) is 7.77. The van der Waals surface area contributed by atoms with Crippen LogP contribution in [0.15, 0.2) is 22.5 Å². The quantitative estimate of drug-likeness (QED) is 0.300. The summed E-state index contributed by atoms with van der Waals surface area (Å²) >= 11 is 1.73. The van der Waals surface area contributed by atoms with Crippen molar-refractivity contribution in [1.29, 1.82) is 0 Å². The molecule has 14 heavy (non-hydrogen) atoms. The van der Waals surface area contributed by atoms with E-state index in [9.17, 15) is 0 Å². The Kier molecular flexibility index (Phi) is 3.49. The molecule has 0 spiro atoms. The number of aliphatic imine (C=N–C) groups is 1. The van der Waals surface area contributed by atoms with Crippen molar-refractivity contribution in [1.82, 2.24) is 5.43 Å². The van der Waals surface area contributed by atoms with Crippen LogP contribution in [0.25, 0.3) is 0 Å². The van der Waals surface area contributed by atoms with Crippen LogP contribution in [0.1, 0.15) is 18.7 Å². The van der Waals surface area contributed by atoms with Crippen LogP contribution >= 0.6 is 11.3 Å². The summed E-state index contributed by atoms with van der Waals surface area (Å²) in [6.07, 6.45) is 0. The van der Waals surface area contributed by atoms with Gasteiger partial charge in [-0.3, -0.25) is 10.4 Å². The van der Waals surface area contributed by atoms with Crippen molar-refractivity contribution in [2.24, 2.45) is 16.6 Å². The highest BCUT2D eigenvalue weighted by Crippen LogP contribution is 2.27. The number of hydrogen-bond acceptors (Lipinski definition) is 3. The van der Waals surface area contributed by atoms with Gasteiger partial charge in [0.05, 0.1) is 6.54 Å². The molecule has 1 aromatic heterocycles. The highest BCUT2D eigenvalue weighted by atomic mass is 32.1. The van der Waals surface area contributed by atoms with Gasteiger partial charge in [-0.15, -0.1) is 11.3 Å². The predicted octanol–water partition coefficient (Wildman–Crippen LogP) is 0.804. The lowest BCUT2D eigenvalue weighted by atomic mass is 9.92. The minimum absolute atomic E-state index is 0.00956. The molecule has 0 saturated carbocycles. The third-order valence-electron chi connectivity index (χ3n) is 1.98. The van der Waals surface area contributed by atoms with E-state index in [2.05, 4.69) is 35.7 Å². The third-order valence-corrected chi connectivity index (χ3v) is 3.22. The van der Waals surface area contributed by atoms with Gasteiger partial charge in [-0.2, -0.15) is 0 Å². The van der Waals surface area contributed by atoms with Gasteiger partial charge in [0.1, 0.15) is 0 Å². The second-order valence-corrected chi connectivity index (χ2v) is 4.65. The van der Waals surface area contributed by atoms with Crippen LogP contribution in [0, 0.1) is 0 Å². The zero-order valence-corrected chi connectivity index (χ0v) is 9.27. The van der Waals surface area contributed by atoms with Crippen LogP contribution in [-0.4, -0.2) is 12.5 Å². The molecule has 0 aromatic carbocycles. The van der Waals surface area contributed by atoms with Gasteiger partial charge in [-0.25, -0.2) is 5.84 Å². The highest BCUT2D eigenvalue weighted by Gasteiger charge is 2.21. The van der Waals surface area contributed by atoms with Crippen LogP contribution in [0.2, 0.25) is 0 Å². The molecule has 78 valence electrons. The lowest BCUT2D eigenvalue weighted by molar-refractivity contribution is 0.550. The number of thiophene rings is 1. The first-order chi connectivity index (χ1) is 6.56. The summed E-state index contributed by atoms with van der Waals surface area (Å²) in [6.45, 7) is 4.89. The first-order valence-electron chi connectivity index (χ1n) is 4.37. The minimum atomic E-state index is 0.00956. The van der Waals surface area contributed by atoms with E-state index in [-0.39, 0.29) is 11.4 Å². The largest absolute Gasteiger partial charge is 0.369 e. The van der Waals surface area contributed by atoms with Crippen molar-refractivity contribution in [3.8, 4) is 0 Å². The number of nitrogens with one attached hydrogen (secondary N) is 1. The predicted molar refractivity (Wildman–Crippen MR) is 61.2 cm³/mol. The number of hydrogen-bond donors (Lipinski definition) is 3. The van der Waals surface area contributed by atoms with Crippen LogP contribution < -0.4 is 17.0 Å². The van der Waals surface area contributed by atoms with Gasteiger partial charge in [0.15, 0.2) is 0 Å². The second kappa shape index (κ2) is 4.43. The minimum Gasteiger partial charge on any atom is -0.369 e. The van der Waals surface area contributed by atoms with Crippen molar-refractivity contribution in [3.63, 3.8) is 0 Å². The number of guanidine groups is 1. The molecule has 0 saturated heterocycles. The Bertz CT molecular complexity index is 303. The monoisotopic (exact) mass is 212 g/mol. The fraction of sp³-hybridized carbons (Fsp3) is 0.444. The number of nitrogens with two attached hydrogens (primary N) is 2. The summed E-state index contributed by atoms with van der Waals surface area (Å²) in [5.74, 6) is 5.39. The summed E-state index contributed by atoms with van der Waals surface area (Å²) in [5, 5.41) is 2.06. The summed E-state index contributed by atoms with van der Waals surface area (Å²) < 4.78 is 0. The van der Waals surface area contributed by atoms with Crippen molar-refractivity contribution in [2.45, 2.75) is 19.3 Å². The van der Waals surface area contributed by atoms with Crippen LogP contribution in [0.3, 0.4) is 0 Å². The van der Waals surface area contributed by atoms with Crippen molar-refractivity contribution in [2.75, 3.05) is 6.54 Å². The van der Waals surface area contributed by atoms with E-state index in [1.54, 1.807) is 11.3 Å². The van der Waals surface area contributed by atoms with E-state index < -0.39 is 0 Å². The van der Waals surface area contributed by atoms with Gasteiger partial charge in [0.25, 0.3) is 0 Å².